The van der Waals surface area contributed by atoms with E-state index in [1.54, 1.807) is 0 Å². The molecule has 90 valence electrons. The monoisotopic (exact) mass is 252 g/mol. The summed E-state index contributed by atoms with van der Waals surface area (Å²) in [5.74, 6) is 0.738. The zero-order valence-corrected chi connectivity index (χ0v) is 9.48. The molecule has 1 rings (SSSR count). The molecule has 0 unspecified atom stereocenters. The van der Waals surface area contributed by atoms with Crippen molar-refractivity contribution in [1.82, 2.24) is 0 Å². The number of alkyl halides is 4. The fourth-order valence-electron chi connectivity index (χ4n) is 1.05. The summed E-state index contributed by atoms with van der Waals surface area (Å²) in [5.41, 5.74) is -0.705. The first-order valence-electron chi connectivity index (χ1n) is 4.79. The maximum atomic E-state index is 12.4. The largest absolute Gasteiger partial charge is 0.493 e. The van der Waals surface area contributed by atoms with Crippen LogP contribution >= 0.6 is 11.6 Å². The molecule has 1 nitrogen and oxygen atoms in total. The highest BCUT2D eigenvalue weighted by Crippen LogP contribution is 2.31. The van der Waals surface area contributed by atoms with Gasteiger partial charge in [-0.05, 0) is 18.2 Å². The van der Waals surface area contributed by atoms with E-state index in [9.17, 15) is 13.2 Å². The molecule has 0 fully saturated rings. The maximum Gasteiger partial charge on any atom is 0.416 e. The Morgan fingerprint density at radius 1 is 1.38 bits per heavy atom. The van der Waals surface area contributed by atoms with Gasteiger partial charge in [0.2, 0.25) is 0 Å². The third kappa shape index (κ3) is 3.93. The molecular weight excluding hydrogens is 241 g/mol. The second-order valence-electron chi connectivity index (χ2n) is 3.60. The standard InChI is InChI=1S/C11H12ClF3O/c1-8(6-12)7-16-10-4-2-3-9(5-10)11(13,14)15/h2-5,8H,6-7H2,1H3/t8-/m1/s1. The molecule has 1 aromatic rings. The minimum Gasteiger partial charge on any atom is -0.493 e. The Kier molecular flexibility index (Phi) is 4.47. The number of rotatable bonds is 4. The molecule has 0 radical (unpaired) electrons. The van der Waals surface area contributed by atoms with E-state index in [1.165, 1.54) is 12.1 Å². The van der Waals surface area contributed by atoms with Crippen LogP contribution < -0.4 is 4.74 Å². The van der Waals surface area contributed by atoms with E-state index in [0.29, 0.717) is 12.5 Å². The van der Waals surface area contributed by atoms with Crippen molar-refractivity contribution in [2.24, 2.45) is 5.92 Å². The van der Waals surface area contributed by atoms with Crippen molar-refractivity contribution >= 4 is 11.6 Å². The molecule has 0 amide bonds. The first-order chi connectivity index (χ1) is 7.43. The summed E-state index contributed by atoms with van der Waals surface area (Å²) in [6, 6.07) is 4.82. The summed E-state index contributed by atoms with van der Waals surface area (Å²) in [6.07, 6.45) is -4.34. The smallest absolute Gasteiger partial charge is 0.416 e. The molecule has 0 N–H and O–H groups in total. The van der Waals surface area contributed by atoms with Crippen LogP contribution in [0.25, 0.3) is 0 Å². The number of hydrogen-bond acceptors (Lipinski definition) is 1. The van der Waals surface area contributed by atoms with Crippen LogP contribution in [-0.4, -0.2) is 12.5 Å². The SMILES string of the molecule is C[C@H](CCl)COc1cccc(C(F)(F)F)c1. The molecule has 0 aliphatic rings. The minimum absolute atomic E-state index is 0.108. The van der Waals surface area contributed by atoms with Crippen LogP contribution in [0.2, 0.25) is 0 Å². The normalized spacial score (nSPS) is 13.6. The van der Waals surface area contributed by atoms with E-state index < -0.39 is 11.7 Å². The van der Waals surface area contributed by atoms with Crippen LogP contribution in [-0.2, 0) is 6.18 Å². The van der Waals surface area contributed by atoms with Crippen molar-refractivity contribution < 1.29 is 17.9 Å². The summed E-state index contributed by atoms with van der Waals surface area (Å²) in [6.45, 7) is 2.17. The summed E-state index contributed by atoms with van der Waals surface area (Å²) < 4.78 is 42.3. The molecule has 0 saturated carbocycles. The Balaban J connectivity index is 2.68. The van der Waals surface area contributed by atoms with Gasteiger partial charge in [0.1, 0.15) is 5.75 Å². The number of ether oxygens (including phenoxy) is 1. The summed E-state index contributed by atoms with van der Waals surface area (Å²) in [5, 5.41) is 0. The van der Waals surface area contributed by atoms with Gasteiger partial charge in [-0.25, -0.2) is 0 Å². The van der Waals surface area contributed by atoms with E-state index in [4.69, 9.17) is 16.3 Å². The van der Waals surface area contributed by atoms with Gasteiger partial charge in [-0.1, -0.05) is 13.0 Å². The van der Waals surface area contributed by atoms with E-state index in [0.717, 1.165) is 12.1 Å². The number of halogens is 4. The first-order valence-corrected chi connectivity index (χ1v) is 5.33. The zero-order valence-electron chi connectivity index (χ0n) is 8.72. The summed E-state index contributed by atoms with van der Waals surface area (Å²) >= 11 is 5.56. The van der Waals surface area contributed by atoms with Gasteiger partial charge in [-0.3, -0.25) is 0 Å². The topological polar surface area (TPSA) is 9.23 Å². The molecule has 0 aromatic heterocycles. The number of benzene rings is 1. The average Bonchev–Trinajstić information content (AvgIpc) is 2.25. The molecule has 0 bridgehead atoms. The fraction of sp³-hybridized carbons (Fsp3) is 0.455. The average molecular weight is 253 g/mol. The van der Waals surface area contributed by atoms with Crippen LogP contribution in [0, 0.1) is 5.92 Å². The third-order valence-corrected chi connectivity index (χ3v) is 2.49. The van der Waals surface area contributed by atoms with Crippen LogP contribution in [0.4, 0.5) is 13.2 Å². The second-order valence-corrected chi connectivity index (χ2v) is 3.90. The Morgan fingerprint density at radius 2 is 2.06 bits per heavy atom. The third-order valence-electron chi connectivity index (χ3n) is 1.96. The van der Waals surface area contributed by atoms with Crippen molar-refractivity contribution in [3.8, 4) is 5.75 Å². The van der Waals surface area contributed by atoms with Gasteiger partial charge >= 0.3 is 6.18 Å². The quantitative estimate of drug-likeness (QED) is 0.737. The lowest BCUT2D eigenvalue weighted by Gasteiger charge is -2.12. The molecular formula is C11H12ClF3O. The minimum atomic E-state index is -4.34. The molecule has 1 aromatic carbocycles. The molecule has 0 aliphatic heterocycles. The van der Waals surface area contributed by atoms with E-state index in [-0.39, 0.29) is 11.7 Å². The van der Waals surface area contributed by atoms with E-state index in [1.807, 2.05) is 6.92 Å². The molecule has 0 saturated heterocycles. The second kappa shape index (κ2) is 5.43. The van der Waals surface area contributed by atoms with Crippen LogP contribution in [0.1, 0.15) is 12.5 Å². The Hall–Kier alpha value is -0.900. The van der Waals surface area contributed by atoms with Crippen molar-refractivity contribution in [1.29, 1.82) is 0 Å². The molecule has 16 heavy (non-hydrogen) atoms. The summed E-state index contributed by atoms with van der Waals surface area (Å²) in [4.78, 5) is 0. The van der Waals surface area contributed by atoms with Gasteiger partial charge in [0.05, 0.1) is 12.2 Å². The molecule has 0 aliphatic carbocycles. The number of hydrogen-bond donors (Lipinski definition) is 0. The predicted molar refractivity (Wildman–Crippen MR) is 56.8 cm³/mol. The van der Waals surface area contributed by atoms with Crippen LogP contribution in [0.3, 0.4) is 0 Å². The van der Waals surface area contributed by atoms with Crippen LogP contribution in [0.15, 0.2) is 24.3 Å². The van der Waals surface area contributed by atoms with Gasteiger partial charge < -0.3 is 4.74 Å². The van der Waals surface area contributed by atoms with Gasteiger partial charge in [0.15, 0.2) is 0 Å². The Labute approximate surface area is 97.2 Å². The summed E-state index contributed by atoms with van der Waals surface area (Å²) in [7, 11) is 0. The van der Waals surface area contributed by atoms with Gasteiger partial charge in [-0.2, -0.15) is 13.2 Å². The van der Waals surface area contributed by atoms with Gasteiger partial charge in [0, 0.05) is 11.8 Å². The van der Waals surface area contributed by atoms with Crippen molar-refractivity contribution in [3.05, 3.63) is 29.8 Å². The van der Waals surface area contributed by atoms with Gasteiger partial charge in [0.25, 0.3) is 0 Å². The Bertz CT molecular complexity index is 338. The van der Waals surface area contributed by atoms with Crippen molar-refractivity contribution in [2.75, 3.05) is 12.5 Å². The first kappa shape index (κ1) is 13.2. The lowest BCUT2D eigenvalue weighted by atomic mass is 10.2. The lowest BCUT2D eigenvalue weighted by Crippen LogP contribution is -2.10. The molecule has 1 atom stereocenters. The lowest BCUT2D eigenvalue weighted by molar-refractivity contribution is -0.137. The van der Waals surface area contributed by atoms with Crippen molar-refractivity contribution in [3.63, 3.8) is 0 Å². The van der Waals surface area contributed by atoms with E-state index in [2.05, 4.69) is 0 Å². The highest BCUT2D eigenvalue weighted by Gasteiger charge is 2.30. The zero-order chi connectivity index (χ0) is 12.2. The maximum absolute atomic E-state index is 12.4. The molecule has 0 spiro atoms. The molecule has 0 heterocycles. The predicted octanol–water partition coefficient (Wildman–Crippen LogP) is 3.96. The van der Waals surface area contributed by atoms with Crippen molar-refractivity contribution in [2.45, 2.75) is 13.1 Å². The van der Waals surface area contributed by atoms with E-state index >= 15 is 0 Å². The Morgan fingerprint density at radius 3 is 2.62 bits per heavy atom. The highest BCUT2D eigenvalue weighted by molar-refractivity contribution is 6.18. The fourth-order valence-corrected chi connectivity index (χ4v) is 1.13. The van der Waals surface area contributed by atoms with Gasteiger partial charge in [-0.15, -0.1) is 11.6 Å². The molecule has 5 heteroatoms. The highest BCUT2D eigenvalue weighted by atomic mass is 35.5. The van der Waals surface area contributed by atoms with Crippen LogP contribution in [0.5, 0.6) is 5.75 Å².